The predicted molar refractivity (Wildman–Crippen MR) is 46.7 cm³/mol. The van der Waals surface area contributed by atoms with Crippen LogP contribution < -0.4 is 5.32 Å². The third-order valence-corrected chi connectivity index (χ3v) is 2.98. The minimum absolute atomic E-state index is 0.0280. The van der Waals surface area contributed by atoms with E-state index in [-0.39, 0.29) is 11.8 Å². The Morgan fingerprint density at radius 3 is 2.75 bits per heavy atom. The van der Waals surface area contributed by atoms with Gasteiger partial charge in [-0.25, -0.2) is 8.42 Å². The zero-order valence-electron chi connectivity index (χ0n) is 7.16. The van der Waals surface area contributed by atoms with Gasteiger partial charge in [0.2, 0.25) is 0 Å². The molecular formula is C7H15NO3S. The highest BCUT2D eigenvalue weighted by Crippen LogP contribution is 2.10. The molecule has 1 heterocycles. The summed E-state index contributed by atoms with van der Waals surface area (Å²) in [6.45, 7) is 0.880. The first-order valence-electron chi connectivity index (χ1n) is 4.08. The van der Waals surface area contributed by atoms with Crippen molar-refractivity contribution in [2.75, 3.05) is 18.6 Å². The molecule has 0 aromatic heterocycles. The molecule has 0 aliphatic carbocycles. The fourth-order valence-electron chi connectivity index (χ4n) is 1.47. The van der Waals surface area contributed by atoms with Crippen LogP contribution in [0.3, 0.4) is 0 Å². The molecule has 1 unspecified atom stereocenters. The Balaban J connectivity index is 2.42. The van der Waals surface area contributed by atoms with Crippen molar-refractivity contribution in [3.63, 3.8) is 0 Å². The van der Waals surface area contributed by atoms with Crippen LogP contribution in [0.4, 0.5) is 0 Å². The van der Waals surface area contributed by atoms with Gasteiger partial charge < -0.3 is 10.4 Å². The number of sulfone groups is 1. The Morgan fingerprint density at radius 1 is 1.67 bits per heavy atom. The highest BCUT2D eigenvalue weighted by atomic mass is 32.2. The minimum Gasteiger partial charge on any atom is -0.390 e. The zero-order chi connectivity index (χ0) is 9.19. The Kier molecular flexibility index (Phi) is 3.09. The molecule has 1 fully saturated rings. The first-order valence-corrected chi connectivity index (χ1v) is 6.14. The van der Waals surface area contributed by atoms with Crippen LogP contribution in [0.1, 0.15) is 12.8 Å². The fraction of sp³-hybridized carbons (Fsp3) is 1.00. The van der Waals surface area contributed by atoms with Crippen molar-refractivity contribution in [1.29, 1.82) is 0 Å². The average Bonchev–Trinajstić information content (AvgIpc) is 2.32. The van der Waals surface area contributed by atoms with Crippen molar-refractivity contribution >= 4 is 9.84 Å². The molecule has 12 heavy (non-hydrogen) atoms. The zero-order valence-corrected chi connectivity index (χ0v) is 7.97. The summed E-state index contributed by atoms with van der Waals surface area (Å²) >= 11 is 0. The molecule has 0 aromatic rings. The summed E-state index contributed by atoms with van der Waals surface area (Å²) in [4.78, 5) is 0. The van der Waals surface area contributed by atoms with Gasteiger partial charge in [-0.1, -0.05) is 0 Å². The molecule has 0 amide bonds. The quantitative estimate of drug-likeness (QED) is 0.612. The van der Waals surface area contributed by atoms with Crippen molar-refractivity contribution < 1.29 is 13.5 Å². The average molecular weight is 193 g/mol. The van der Waals surface area contributed by atoms with E-state index in [1.54, 1.807) is 0 Å². The number of hydrogen-bond donors (Lipinski definition) is 2. The van der Waals surface area contributed by atoms with Gasteiger partial charge >= 0.3 is 0 Å². The molecule has 0 saturated carbocycles. The molecule has 1 saturated heterocycles. The van der Waals surface area contributed by atoms with Crippen LogP contribution in [0.5, 0.6) is 0 Å². The van der Waals surface area contributed by atoms with Crippen LogP contribution in [0.25, 0.3) is 0 Å². The van der Waals surface area contributed by atoms with E-state index in [0.29, 0.717) is 0 Å². The molecule has 0 bridgehead atoms. The van der Waals surface area contributed by atoms with Crippen LogP contribution in [-0.2, 0) is 9.84 Å². The van der Waals surface area contributed by atoms with E-state index in [2.05, 4.69) is 5.32 Å². The van der Waals surface area contributed by atoms with Gasteiger partial charge in [0.05, 0.1) is 11.9 Å². The minimum atomic E-state index is -3.05. The summed E-state index contributed by atoms with van der Waals surface area (Å²) in [6, 6.07) is -0.0280. The van der Waals surface area contributed by atoms with Gasteiger partial charge in [0, 0.05) is 12.3 Å². The normalized spacial score (nSPS) is 27.3. The predicted octanol–water partition coefficient (Wildman–Crippen LogP) is -0.856. The van der Waals surface area contributed by atoms with Crippen molar-refractivity contribution in [2.45, 2.75) is 25.0 Å². The van der Waals surface area contributed by atoms with Crippen LogP contribution in [0.15, 0.2) is 0 Å². The van der Waals surface area contributed by atoms with Crippen molar-refractivity contribution in [2.24, 2.45) is 0 Å². The summed E-state index contributed by atoms with van der Waals surface area (Å²) < 4.78 is 21.6. The highest BCUT2D eigenvalue weighted by Gasteiger charge is 2.25. The van der Waals surface area contributed by atoms with Gasteiger partial charge in [0.25, 0.3) is 0 Å². The molecule has 1 aliphatic heterocycles. The van der Waals surface area contributed by atoms with Gasteiger partial charge in [-0.2, -0.15) is 0 Å². The number of aliphatic hydroxyl groups excluding tert-OH is 1. The van der Waals surface area contributed by atoms with E-state index in [9.17, 15) is 13.5 Å². The number of nitrogens with one attached hydrogen (secondary N) is 1. The first kappa shape index (κ1) is 9.95. The van der Waals surface area contributed by atoms with E-state index in [1.165, 1.54) is 0 Å². The van der Waals surface area contributed by atoms with Crippen LogP contribution >= 0.6 is 0 Å². The summed E-state index contributed by atoms with van der Waals surface area (Å²) in [5.74, 6) is -0.134. The second-order valence-electron chi connectivity index (χ2n) is 3.36. The van der Waals surface area contributed by atoms with Crippen molar-refractivity contribution in [3.05, 3.63) is 0 Å². The molecule has 0 spiro atoms. The standard InChI is InChI=1S/C7H15NO3S/c1-12(10,11)5-7(9)6-3-2-4-8-6/h6-9H,2-5H2,1H3/t6-,7?/m0/s1. The van der Waals surface area contributed by atoms with Gasteiger partial charge in [-0.15, -0.1) is 0 Å². The Bertz CT molecular complexity index is 231. The lowest BCUT2D eigenvalue weighted by Gasteiger charge is -2.16. The number of hydrogen-bond acceptors (Lipinski definition) is 4. The third-order valence-electron chi connectivity index (χ3n) is 2.04. The molecule has 2 atom stereocenters. The van der Waals surface area contributed by atoms with E-state index in [4.69, 9.17) is 0 Å². The van der Waals surface area contributed by atoms with Crippen LogP contribution in [0.2, 0.25) is 0 Å². The molecule has 2 N–H and O–H groups in total. The maximum Gasteiger partial charge on any atom is 0.150 e. The van der Waals surface area contributed by atoms with Crippen molar-refractivity contribution in [3.8, 4) is 0 Å². The van der Waals surface area contributed by atoms with Crippen molar-refractivity contribution in [1.82, 2.24) is 5.32 Å². The molecule has 5 heteroatoms. The SMILES string of the molecule is CS(=O)(=O)CC(O)[C@@H]1CCCN1. The third kappa shape index (κ3) is 3.08. The lowest BCUT2D eigenvalue weighted by Crippen LogP contribution is -2.39. The van der Waals surface area contributed by atoms with Crippen LogP contribution in [0, 0.1) is 0 Å². The molecule has 72 valence electrons. The Morgan fingerprint density at radius 2 is 2.33 bits per heavy atom. The maximum absolute atomic E-state index is 10.8. The van der Waals surface area contributed by atoms with E-state index in [1.807, 2.05) is 0 Å². The number of rotatable bonds is 3. The first-order chi connectivity index (χ1) is 5.49. The molecule has 0 radical (unpaired) electrons. The summed E-state index contributed by atoms with van der Waals surface area (Å²) in [5.41, 5.74) is 0. The lowest BCUT2D eigenvalue weighted by molar-refractivity contribution is 0.157. The smallest absolute Gasteiger partial charge is 0.150 e. The topological polar surface area (TPSA) is 66.4 Å². The Labute approximate surface area is 72.9 Å². The molecular weight excluding hydrogens is 178 g/mol. The second kappa shape index (κ2) is 3.72. The van der Waals surface area contributed by atoms with Gasteiger partial charge in [-0.05, 0) is 19.4 Å². The highest BCUT2D eigenvalue weighted by molar-refractivity contribution is 7.90. The molecule has 4 nitrogen and oxygen atoms in total. The van der Waals surface area contributed by atoms with E-state index < -0.39 is 15.9 Å². The van der Waals surface area contributed by atoms with Gasteiger partial charge in [0.1, 0.15) is 9.84 Å². The number of aliphatic hydroxyl groups is 1. The van der Waals surface area contributed by atoms with Gasteiger partial charge in [0.15, 0.2) is 0 Å². The lowest BCUT2D eigenvalue weighted by atomic mass is 10.1. The van der Waals surface area contributed by atoms with Crippen LogP contribution in [-0.4, -0.2) is 44.2 Å². The Hall–Kier alpha value is -0.130. The molecule has 1 rings (SSSR count). The second-order valence-corrected chi connectivity index (χ2v) is 5.55. The summed E-state index contributed by atoms with van der Waals surface area (Å²) in [5, 5.41) is 12.5. The fourth-order valence-corrected chi connectivity index (χ4v) is 2.32. The summed E-state index contributed by atoms with van der Waals surface area (Å²) in [6.07, 6.45) is 2.29. The monoisotopic (exact) mass is 193 g/mol. The largest absolute Gasteiger partial charge is 0.390 e. The van der Waals surface area contributed by atoms with E-state index in [0.717, 1.165) is 25.6 Å². The van der Waals surface area contributed by atoms with Gasteiger partial charge in [-0.3, -0.25) is 0 Å². The summed E-state index contributed by atoms with van der Waals surface area (Å²) in [7, 11) is -3.05. The maximum atomic E-state index is 10.8. The molecule has 1 aliphatic rings. The molecule has 0 aromatic carbocycles. The van der Waals surface area contributed by atoms with E-state index >= 15 is 0 Å².